The normalized spacial score (nSPS) is 10.6. The summed E-state index contributed by atoms with van der Waals surface area (Å²) in [5.74, 6) is 0.772. The van der Waals surface area contributed by atoms with Crippen molar-refractivity contribution in [3.63, 3.8) is 0 Å². The van der Waals surface area contributed by atoms with Gasteiger partial charge in [0.25, 0.3) is 0 Å². The van der Waals surface area contributed by atoms with Crippen molar-refractivity contribution >= 4 is 28.8 Å². The van der Waals surface area contributed by atoms with Crippen LogP contribution in [0, 0.1) is 0 Å². The standard InChI is InChI=1S/C19H16Cl2N2O/c1-14(11-23-9-8-22-13-23)17-4-2-3-5-19(17)24-12-15-6-7-16(20)10-18(15)21/h2-10,13H,1,11-12H2. The molecule has 0 aliphatic rings. The first-order valence-corrected chi connectivity index (χ1v) is 8.19. The third kappa shape index (κ3) is 3.99. The summed E-state index contributed by atoms with van der Waals surface area (Å²) >= 11 is 12.1. The van der Waals surface area contributed by atoms with Gasteiger partial charge in [-0.15, -0.1) is 0 Å². The van der Waals surface area contributed by atoms with Crippen LogP contribution in [0.3, 0.4) is 0 Å². The van der Waals surface area contributed by atoms with Crippen molar-refractivity contribution in [1.29, 1.82) is 0 Å². The third-order valence-corrected chi connectivity index (χ3v) is 4.19. The highest BCUT2D eigenvalue weighted by atomic mass is 35.5. The summed E-state index contributed by atoms with van der Waals surface area (Å²) in [6, 6.07) is 13.2. The second kappa shape index (κ2) is 7.56. The summed E-state index contributed by atoms with van der Waals surface area (Å²) in [7, 11) is 0. The van der Waals surface area contributed by atoms with E-state index in [-0.39, 0.29) is 0 Å². The Balaban J connectivity index is 1.75. The molecule has 0 bridgehead atoms. The fourth-order valence-corrected chi connectivity index (χ4v) is 2.83. The van der Waals surface area contributed by atoms with Crippen LogP contribution < -0.4 is 4.74 Å². The van der Waals surface area contributed by atoms with Gasteiger partial charge in [-0.05, 0) is 23.8 Å². The van der Waals surface area contributed by atoms with Crippen LogP contribution in [0.2, 0.25) is 10.0 Å². The van der Waals surface area contributed by atoms with E-state index in [0.717, 1.165) is 22.4 Å². The molecule has 0 atom stereocenters. The predicted octanol–water partition coefficient (Wildman–Crippen LogP) is 5.48. The van der Waals surface area contributed by atoms with E-state index >= 15 is 0 Å². The third-order valence-electron chi connectivity index (χ3n) is 3.60. The van der Waals surface area contributed by atoms with Gasteiger partial charge in [0.15, 0.2) is 0 Å². The molecule has 0 unspecified atom stereocenters. The number of benzene rings is 2. The van der Waals surface area contributed by atoms with Crippen LogP contribution in [0.15, 0.2) is 67.8 Å². The van der Waals surface area contributed by atoms with E-state index in [1.54, 1.807) is 24.7 Å². The molecule has 1 heterocycles. The van der Waals surface area contributed by atoms with Crippen LogP contribution in [-0.2, 0) is 13.2 Å². The number of ether oxygens (including phenoxy) is 1. The Kier molecular flexibility index (Phi) is 5.24. The van der Waals surface area contributed by atoms with Gasteiger partial charge in [-0.25, -0.2) is 4.98 Å². The number of hydrogen-bond acceptors (Lipinski definition) is 2. The SMILES string of the molecule is C=C(Cn1ccnc1)c1ccccc1OCc1ccc(Cl)cc1Cl. The molecule has 3 aromatic rings. The van der Waals surface area contributed by atoms with Crippen LogP contribution in [0.5, 0.6) is 5.75 Å². The van der Waals surface area contributed by atoms with Crippen LogP contribution >= 0.6 is 23.2 Å². The highest BCUT2D eigenvalue weighted by Gasteiger charge is 2.09. The molecule has 0 N–H and O–H groups in total. The molecule has 3 nitrogen and oxygen atoms in total. The molecule has 3 rings (SSSR count). The topological polar surface area (TPSA) is 27.1 Å². The minimum Gasteiger partial charge on any atom is -0.488 e. The van der Waals surface area contributed by atoms with Crippen LogP contribution in [0.4, 0.5) is 0 Å². The molecule has 0 amide bonds. The van der Waals surface area contributed by atoms with Crippen molar-refractivity contribution < 1.29 is 4.74 Å². The molecule has 2 aromatic carbocycles. The van der Waals surface area contributed by atoms with Gasteiger partial charge < -0.3 is 9.30 Å². The maximum absolute atomic E-state index is 6.20. The van der Waals surface area contributed by atoms with Gasteiger partial charge in [0.05, 0.1) is 6.33 Å². The lowest BCUT2D eigenvalue weighted by Crippen LogP contribution is -2.02. The molecular weight excluding hydrogens is 343 g/mol. The molecule has 0 spiro atoms. The Morgan fingerprint density at radius 2 is 2.00 bits per heavy atom. The number of halogens is 2. The van der Waals surface area contributed by atoms with Crippen LogP contribution in [0.25, 0.3) is 5.57 Å². The minimum atomic E-state index is 0.366. The summed E-state index contributed by atoms with van der Waals surface area (Å²) < 4.78 is 7.94. The molecule has 24 heavy (non-hydrogen) atoms. The first-order valence-electron chi connectivity index (χ1n) is 7.43. The van der Waals surface area contributed by atoms with Gasteiger partial charge in [-0.2, -0.15) is 0 Å². The van der Waals surface area contributed by atoms with Crippen molar-refractivity contribution in [1.82, 2.24) is 9.55 Å². The molecule has 0 saturated carbocycles. The lowest BCUT2D eigenvalue weighted by Gasteiger charge is -2.14. The molecular formula is C19H16Cl2N2O. The maximum atomic E-state index is 6.20. The van der Waals surface area contributed by atoms with Crippen molar-refractivity contribution in [3.05, 3.63) is 88.9 Å². The average Bonchev–Trinajstić information content (AvgIpc) is 3.07. The van der Waals surface area contributed by atoms with Crippen molar-refractivity contribution in [2.24, 2.45) is 0 Å². The van der Waals surface area contributed by atoms with Crippen LogP contribution in [0.1, 0.15) is 11.1 Å². The number of rotatable bonds is 6. The summed E-state index contributed by atoms with van der Waals surface area (Å²) in [6.45, 7) is 5.19. The van der Waals surface area contributed by atoms with E-state index in [1.807, 2.05) is 41.1 Å². The Morgan fingerprint density at radius 1 is 1.17 bits per heavy atom. The number of allylic oxidation sites excluding steroid dienone is 1. The van der Waals surface area contributed by atoms with Crippen molar-refractivity contribution in [3.8, 4) is 5.75 Å². The molecule has 0 fully saturated rings. The molecule has 122 valence electrons. The zero-order chi connectivity index (χ0) is 16.9. The number of aromatic nitrogens is 2. The van der Waals surface area contributed by atoms with E-state index in [1.165, 1.54) is 0 Å². The second-order valence-electron chi connectivity index (χ2n) is 5.36. The number of imidazole rings is 1. The highest BCUT2D eigenvalue weighted by Crippen LogP contribution is 2.28. The molecule has 5 heteroatoms. The highest BCUT2D eigenvalue weighted by molar-refractivity contribution is 6.35. The maximum Gasteiger partial charge on any atom is 0.127 e. The zero-order valence-corrected chi connectivity index (χ0v) is 14.5. The van der Waals surface area contributed by atoms with E-state index in [4.69, 9.17) is 27.9 Å². The number of para-hydroxylation sites is 1. The van der Waals surface area contributed by atoms with E-state index in [9.17, 15) is 0 Å². The van der Waals surface area contributed by atoms with Gasteiger partial charge in [0, 0.05) is 40.1 Å². The number of hydrogen-bond donors (Lipinski definition) is 0. The van der Waals surface area contributed by atoms with Gasteiger partial charge in [-0.1, -0.05) is 54.0 Å². The Labute approximate surface area is 151 Å². The lowest BCUT2D eigenvalue weighted by atomic mass is 10.1. The Bertz CT molecular complexity index is 844. The summed E-state index contributed by atoms with van der Waals surface area (Å²) in [5.41, 5.74) is 2.80. The minimum absolute atomic E-state index is 0.366. The fraction of sp³-hybridized carbons (Fsp3) is 0.105. The Morgan fingerprint density at radius 3 is 2.75 bits per heavy atom. The van der Waals surface area contributed by atoms with E-state index < -0.39 is 0 Å². The smallest absolute Gasteiger partial charge is 0.127 e. The largest absolute Gasteiger partial charge is 0.488 e. The monoisotopic (exact) mass is 358 g/mol. The lowest BCUT2D eigenvalue weighted by molar-refractivity contribution is 0.305. The zero-order valence-electron chi connectivity index (χ0n) is 13.0. The van der Waals surface area contributed by atoms with Crippen LogP contribution in [-0.4, -0.2) is 9.55 Å². The van der Waals surface area contributed by atoms with Crippen molar-refractivity contribution in [2.75, 3.05) is 0 Å². The molecule has 1 aromatic heterocycles. The predicted molar refractivity (Wildman–Crippen MR) is 98.5 cm³/mol. The quantitative estimate of drug-likeness (QED) is 0.583. The molecule has 0 aliphatic carbocycles. The second-order valence-corrected chi connectivity index (χ2v) is 6.20. The average molecular weight is 359 g/mol. The first-order chi connectivity index (χ1) is 11.6. The van der Waals surface area contributed by atoms with E-state index in [0.29, 0.717) is 23.2 Å². The summed E-state index contributed by atoms with van der Waals surface area (Å²) in [6.07, 6.45) is 5.42. The summed E-state index contributed by atoms with van der Waals surface area (Å²) in [5, 5.41) is 1.20. The van der Waals surface area contributed by atoms with Gasteiger partial charge in [-0.3, -0.25) is 0 Å². The molecule has 0 saturated heterocycles. The van der Waals surface area contributed by atoms with Crippen molar-refractivity contribution in [2.45, 2.75) is 13.2 Å². The number of nitrogens with zero attached hydrogens (tertiary/aromatic N) is 2. The fourth-order valence-electron chi connectivity index (χ4n) is 2.36. The van der Waals surface area contributed by atoms with Gasteiger partial charge >= 0.3 is 0 Å². The molecule has 0 radical (unpaired) electrons. The molecule has 0 aliphatic heterocycles. The summed E-state index contributed by atoms with van der Waals surface area (Å²) in [4.78, 5) is 4.05. The Hall–Kier alpha value is -2.23. The van der Waals surface area contributed by atoms with E-state index in [2.05, 4.69) is 11.6 Å². The first kappa shape index (κ1) is 16.6. The van der Waals surface area contributed by atoms with Gasteiger partial charge in [0.2, 0.25) is 0 Å². The van der Waals surface area contributed by atoms with Gasteiger partial charge in [0.1, 0.15) is 12.4 Å².